The van der Waals surface area contributed by atoms with Gasteiger partial charge in [-0.3, -0.25) is 0 Å². The maximum absolute atomic E-state index is 9.47. The Hall–Kier alpha value is -2.04. The molecule has 0 atom stereocenters. The normalized spacial score (nSPS) is 10.4. The molecule has 1 heterocycles. The molecule has 0 radical (unpaired) electrons. The van der Waals surface area contributed by atoms with Crippen LogP contribution in [0.2, 0.25) is 0 Å². The summed E-state index contributed by atoms with van der Waals surface area (Å²) in [7, 11) is 0. The third-order valence-corrected chi connectivity index (χ3v) is 2.17. The summed E-state index contributed by atoms with van der Waals surface area (Å²) in [5.41, 5.74) is 0.693. The topological polar surface area (TPSA) is 68.4 Å². The number of aromatic nitrogens is 2. The molecule has 2 rings (SSSR count). The second-order valence-corrected chi connectivity index (χ2v) is 3.40. The zero-order chi connectivity index (χ0) is 11.5. The van der Waals surface area contributed by atoms with E-state index >= 15 is 0 Å². The molecule has 5 nitrogen and oxygen atoms in total. The maximum atomic E-state index is 9.47. The summed E-state index contributed by atoms with van der Waals surface area (Å²) >= 11 is 0. The first kappa shape index (κ1) is 10.5. The van der Waals surface area contributed by atoms with Crippen LogP contribution >= 0.6 is 0 Å². The van der Waals surface area contributed by atoms with Crippen LogP contribution in [0.25, 0.3) is 0 Å². The molecule has 0 amide bonds. The van der Waals surface area contributed by atoms with Gasteiger partial charge in [0.15, 0.2) is 6.61 Å². The number of phenols is 1. The number of hydrogen-bond acceptors (Lipinski definition) is 5. The molecule has 5 heteroatoms. The minimum Gasteiger partial charge on any atom is -0.508 e. The van der Waals surface area contributed by atoms with Crippen molar-refractivity contribution in [2.24, 2.45) is 0 Å². The van der Waals surface area contributed by atoms with E-state index in [0.717, 1.165) is 0 Å². The number of benzene rings is 1. The molecule has 0 aliphatic heterocycles. The lowest BCUT2D eigenvalue weighted by Crippen LogP contribution is -1.97. The predicted octanol–water partition coefficient (Wildman–Crippen LogP) is 1.97. The van der Waals surface area contributed by atoms with Crippen molar-refractivity contribution >= 4 is 0 Å². The monoisotopic (exact) mass is 220 g/mol. The summed E-state index contributed by atoms with van der Waals surface area (Å²) in [4.78, 5) is 0. The van der Waals surface area contributed by atoms with Crippen molar-refractivity contribution in [1.82, 2.24) is 10.2 Å². The Labute approximate surface area is 92.7 Å². The summed E-state index contributed by atoms with van der Waals surface area (Å²) in [6.07, 6.45) is 0. The molecular formula is C11H12N2O3. The molecule has 0 aliphatic carbocycles. The minimum atomic E-state index is 0.200. The van der Waals surface area contributed by atoms with Crippen molar-refractivity contribution in [2.45, 2.75) is 20.5 Å². The van der Waals surface area contributed by atoms with Crippen molar-refractivity contribution in [3.8, 4) is 11.5 Å². The van der Waals surface area contributed by atoms with E-state index in [1.807, 2.05) is 0 Å². The van der Waals surface area contributed by atoms with Gasteiger partial charge in [0, 0.05) is 12.5 Å². The minimum absolute atomic E-state index is 0.200. The van der Waals surface area contributed by atoms with Gasteiger partial charge in [0.2, 0.25) is 5.89 Å². The van der Waals surface area contributed by atoms with E-state index < -0.39 is 0 Å². The lowest BCUT2D eigenvalue weighted by atomic mass is 10.2. The van der Waals surface area contributed by atoms with Crippen molar-refractivity contribution in [3.05, 3.63) is 35.5 Å². The molecule has 2 aromatic rings. The van der Waals surface area contributed by atoms with Crippen LogP contribution in [0, 0.1) is 13.8 Å². The smallest absolute Gasteiger partial charge is 0.253 e. The van der Waals surface area contributed by atoms with Gasteiger partial charge in [0.05, 0.1) is 0 Å². The highest BCUT2D eigenvalue weighted by Gasteiger charge is 2.06. The highest BCUT2D eigenvalue weighted by atomic mass is 16.5. The first-order valence-corrected chi connectivity index (χ1v) is 4.87. The van der Waals surface area contributed by atoms with Gasteiger partial charge in [0.1, 0.15) is 11.5 Å². The molecule has 0 bridgehead atoms. The number of aromatic hydroxyl groups is 1. The molecule has 0 saturated carbocycles. The van der Waals surface area contributed by atoms with Crippen LogP contribution in [-0.2, 0) is 6.61 Å². The Kier molecular flexibility index (Phi) is 2.76. The number of aryl methyl sites for hydroxylation is 1. The Balaban J connectivity index is 2.07. The predicted molar refractivity (Wildman–Crippen MR) is 56.2 cm³/mol. The first-order chi connectivity index (χ1) is 7.66. The van der Waals surface area contributed by atoms with Crippen LogP contribution in [-0.4, -0.2) is 15.3 Å². The third kappa shape index (κ3) is 2.13. The van der Waals surface area contributed by atoms with E-state index in [0.29, 0.717) is 23.1 Å². The fourth-order valence-corrected chi connectivity index (χ4v) is 1.29. The second-order valence-electron chi connectivity index (χ2n) is 3.40. The molecule has 0 saturated heterocycles. The van der Waals surface area contributed by atoms with Gasteiger partial charge >= 0.3 is 0 Å². The average Bonchev–Trinajstić information content (AvgIpc) is 2.67. The molecule has 0 fully saturated rings. The van der Waals surface area contributed by atoms with E-state index in [4.69, 9.17) is 9.15 Å². The lowest BCUT2D eigenvalue weighted by molar-refractivity contribution is 0.257. The molecule has 0 aliphatic rings. The number of nitrogens with zero attached hydrogens (tertiary/aromatic N) is 2. The van der Waals surface area contributed by atoms with E-state index in [-0.39, 0.29) is 12.4 Å². The third-order valence-electron chi connectivity index (χ3n) is 2.17. The van der Waals surface area contributed by atoms with Crippen LogP contribution < -0.4 is 4.74 Å². The fourth-order valence-electron chi connectivity index (χ4n) is 1.29. The Morgan fingerprint density at radius 3 is 2.81 bits per heavy atom. The van der Waals surface area contributed by atoms with E-state index in [9.17, 15) is 5.11 Å². The van der Waals surface area contributed by atoms with Crippen LogP contribution in [0.15, 0.2) is 22.6 Å². The molecule has 16 heavy (non-hydrogen) atoms. The molecule has 1 aromatic heterocycles. The van der Waals surface area contributed by atoms with Gasteiger partial charge in [-0.05, 0) is 19.1 Å². The average molecular weight is 220 g/mol. The Morgan fingerprint density at radius 1 is 1.31 bits per heavy atom. The van der Waals surface area contributed by atoms with Gasteiger partial charge in [-0.15, -0.1) is 10.2 Å². The molecule has 0 unspecified atom stereocenters. The Bertz CT molecular complexity index is 494. The highest BCUT2D eigenvalue weighted by Crippen LogP contribution is 2.26. The molecule has 1 N–H and O–H groups in total. The van der Waals surface area contributed by atoms with Gasteiger partial charge in [-0.1, -0.05) is 6.07 Å². The molecule has 1 aromatic carbocycles. The van der Waals surface area contributed by atoms with Crippen LogP contribution in [0.5, 0.6) is 11.5 Å². The van der Waals surface area contributed by atoms with Gasteiger partial charge in [-0.2, -0.15) is 0 Å². The fraction of sp³-hybridized carbons (Fsp3) is 0.273. The lowest BCUT2D eigenvalue weighted by Gasteiger charge is -2.07. The van der Waals surface area contributed by atoms with Crippen molar-refractivity contribution in [1.29, 1.82) is 0 Å². The Morgan fingerprint density at radius 2 is 2.12 bits per heavy atom. The van der Waals surface area contributed by atoms with Gasteiger partial charge < -0.3 is 14.3 Å². The summed E-state index contributed by atoms with van der Waals surface area (Å²) < 4.78 is 10.6. The van der Waals surface area contributed by atoms with Crippen molar-refractivity contribution in [3.63, 3.8) is 0 Å². The van der Waals surface area contributed by atoms with E-state index in [1.54, 1.807) is 32.0 Å². The van der Waals surface area contributed by atoms with Crippen LogP contribution in [0.3, 0.4) is 0 Å². The second kappa shape index (κ2) is 4.22. The number of phenolic OH excluding ortho intramolecular Hbond substituents is 1. The highest BCUT2D eigenvalue weighted by molar-refractivity contribution is 5.42. The quantitative estimate of drug-likeness (QED) is 0.856. The summed E-state index contributed by atoms with van der Waals surface area (Å²) in [6.45, 7) is 3.70. The summed E-state index contributed by atoms with van der Waals surface area (Å²) in [5.74, 6) is 1.74. The molecular weight excluding hydrogens is 208 g/mol. The van der Waals surface area contributed by atoms with Gasteiger partial charge in [-0.25, -0.2) is 0 Å². The van der Waals surface area contributed by atoms with E-state index in [2.05, 4.69) is 10.2 Å². The molecule has 84 valence electrons. The summed E-state index contributed by atoms with van der Waals surface area (Å²) in [6, 6.07) is 5.11. The van der Waals surface area contributed by atoms with Crippen molar-refractivity contribution in [2.75, 3.05) is 0 Å². The number of rotatable bonds is 3. The number of hydrogen-bond donors (Lipinski definition) is 1. The molecule has 0 spiro atoms. The maximum Gasteiger partial charge on any atom is 0.253 e. The van der Waals surface area contributed by atoms with Gasteiger partial charge in [0.25, 0.3) is 5.89 Å². The largest absolute Gasteiger partial charge is 0.508 e. The van der Waals surface area contributed by atoms with Crippen LogP contribution in [0.4, 0.5) is 0 Å². The summed E-state index contributed by atoms with van der Waals surface area (Å²) in [5, 5.41) is 17.0. The SMILES string of the molecule is Cc1nnc(COc2cccc(O)c2C)o1. The first-order valence-electron chi connectivity index (χ1n) is 4.87. The van der Waals surface area contributed by atoms with Crippen LogP contribution in [0.1, 0.15) is 17.3 Å². The zero-order valence-corrected chi connectivity index (χ0v) is 9.10. The van der Waals surface area contributed by atoms with Crippen molar-refractivity contribution < 1.29 is 14.3 Å². The zero-order valence-electron chi connectivity index (χ0n) is 9.10. The van der Waals surface area contributed by atoms with E-state index in [1.165, 1.54) is 0 Å². The standard InChI is InChI=1S/C11H12N2O3/c1-7-9(14)4-3-5-10(7)15-6-11-13-12-8(2)16-11/h3-5,14H,6H2,1-2H3. The number of ether oxygens (including phenoxy) is 1.